The van der Waals surface area contributed by atoms with Crippen LogP contribution in [0, 0.1) is 0 Å². The molecule has 0 saturated heterocycles. The highest BCUT2D eigenvalue weighted by Gasteiger charge is 1.97. The van der Waals surface area contributed by atoms with Crippen molar-refractivity contribution in [2.24, 2.45) is 0 Å². The Hall–Kier alpha value is -1.90. The molecule has 1 aromatic rings. The second-order valence-corrected chi connectivity index (χ2v) is 3.03. The minimum atomic E-state index is -0.398. The van der Waals surface area contributed by atoms with Gasteiger partial charge in [0.05, 0.1) is 7.11 Å². The van der Waals surface area contributed by atoms with Crippen LogP contribution in [-0.2, 0) is 9.53 Å². The van der Waals surface area contributed by atoms with Gasteiger partial charge in [-0.05, 0) is 18.6 Å². The topological polar surface area (TPSA) is 43.4 Å². The summed E-state index contributed by atoms with van der Waals surface area (Å²) < 4.78 is 4.45. The number of Topliss-reactive ketones (excluding diaryl/α,β-unsaturated/α-hetero) is 1. The number of hydrogen-bond acceptors (Lipinski definition) is 3. The molecule has 0 aliphatic carbocycles. The van der Waals surface area contributed by atoms with Gasteiger partial charge in [-0.15, -0.1) is 0 Å². The first-order valence-corrected chi connectivity index (χ1v) is 4.50. The van der Waals surface area contributed by atoms with E-state index in [1.54, 1.807) is 30.3 Å². The molecule has 0 heterocycles. The minimum Gasteiger partial charge on any atom is -0.466 e. The Balaban J connectivity index is 2.77. The summed E-state index contributed by atoms with van der Waals surface area (Å²) in [5.74, 6) is -0.371. The molecule has 0 aliphatic rings. The summed E-state index contributed by atoms with van der Waals surface area (Å²) in [4.78, 5) is 21.8. The van der Waals surface area contributed by atoms with Crippen LogP contribution in [0.4, 0.5) is 0 Å². The van der Waals surface area contributed by atoms with Gasteiger partial charge in [-0.3, -0.25) is 4.79 Å². The molecule has 0 aromatic heterocycles. The lowest BCUT2D eigenvalue weighted by Crippen LogP contribution is -1.93. The third-order valence-corrected chi connectivity index (χ3v) is 1.93. The van der Waals surface area contributed by atoms with E-state index in [1.165, 1.54) is 20.1 Å². The van der Waals surface area contributed by atoms with Crippen LogP contribution in [-0.4, -0.2) is 18.9 Å². The SMILES string of the molecule is COC(=O)C=Cc1ccc(C(C)=O)cc1. The fourth-order valence-corrected chi connectivity index (χ4v) is 1.06. The van der Waals surface area contributed by atoms with Gasteiger partial charge in [-0.1, -0.05) is 24.3 Å². The summed E-state index contributed by atoms with van der Waals surface area (Å²) in [7, 11) is 1.32. The van der Waals surface area contributed by atoms with Crippen LogP contribution in [0.3, 0.4) is 0 Å². The molecule has 0 saturated carbocycles. The first kappa shape index (κ1) is 11.2. The number of ether oxygens (including phenoxy) is 1. The largest absolute Gasteiger partial charge is 0.466 e. The molecular weight excluding hydrogens is 192 g/mol. The van der Waals surface area contributed by atoms with E-state index in [0.717, 1.165) is 5.56 Å². The van der Waals surface area contributed by atoms with Gasteiger partial charge < -0.3 is 4.74 Å². The van der Waals surface area contributed by atoms with E-state index in [4.69, 9.17) is 0 Å². The van der Waals surface area contributed by atoms with E-state index in [-0.39, 0.29) is 5.78 Å². The molecular formula is C12H12O3. The lowest BCUT2D eigenvalue weighted by atomic mass is 10.1. The summed E-state index contributed by atoms with van der Waals surface area (Å²) in [5, 5.41) is 0. The second-order valence-electron chi connectivity index (χ2n) is 3.03. The Labute approximate surface area is 88.4 Å². The fourth-order valence-electron chi connectivity index (χ4n) is 1.06. The number of carbonyl (C=O) groups is 2. The van der Waals surface area contributed by atoms with Gasteiger partial charge in [0.2, 0.25) is 0 Å². The van der Waals surface area contributed by atoms with Crippen LogP contribution in [0.2, 0.25) is 0 Å². The van der Waals surface area contributed by atoms with Gasteiger partial charge in [0.15, 0.2) is 5.78 Å². The number of rotatable bonds is 3. The Morgan fingerprint density at radius 3 is 2.27 bits per heavy atom. The maximum absolute atomic E-state index is 11.0. The van der Waals surface area contributed by atoms with Crippen LogP contribution < -0.4 is 0 Å². The van der Waals surface area contributed by atoms with Crippen molar-refractivity contribution in [3.63, 3.8) is 0 Å². The Bertz CT molecular complexity index is 388. The number of methoxy groups -OCH3 is 1. The molecule has 0 bridgehead atoms. The molecule has 3 nitrogen and oxygen atoms in total. The van der Waals surface area contributed by atoms with Crippen molar-refractivity contribution in [2.75, 3.05) is 7.11 Å². The fraction of sp³-hybridized carbons (Fsp3) is 0.167. The van der Waals surface area contributed by atoms with Crippen molar-refractivity contribution in [2.45, 2.75) is 6.92 Å². The highest BCUT2D eigenvalue weighted by Crippen LogP contribution is 2.06. The first-order chi connectivity index (χ1) is 7.13. The zero-order valence-corrected chi connectivity index (χ0v) is 8.69. The van der Waals surface area contributed by atoms with E-state index >= 15 is 0 Å². The normalized spacial score (nSPS) is 10.3. The average molecular weight is 204 g/mol. The molecule has 0 aliphatic heterocycles. The van der Waals surface area contributed by atoms with Crippen molar-refractivity contribution in [3.05, 3.63) is 41.5 Å². The molecule has 0 N–H and O–H groups in total. The molecule has 0 fully saturated rings. The van der Waals surface area contributed by atoms with Gasteiger partial charge >= 0.3 is 5.97 Å². The molecule has 3 heteroatoms. The molecule has 0 unspecified atom stereocenters. The van der Waals surface area contributed by atoms with Crippen molar-refractivity contribution in [1.29, 1.82) is 0 Å². The predicted molar refractivity (Wildman–Crippen MR) is 57.5 cm³/mol. The van der Waals surface area contributed by atoms with Gasteiger partial charge in [-0.25, -0.2) is 4.79 Å². The van der Waals surface area contributed by atoms with Crippen LogP contribution in [0.1, 0.15) is 22.8 Å². The molecule has 78 valence electrons. The third kappa shape index (κ3) is 3.38. The minimum absolute atomic E-state index is 0.0264. The lowest BCUT2D eigenvalue weighted by molar-refractivity contribution is -0.134. The zero-order chi connectivity index (χ0) is 11.3. The van der Waals surface area contributed by atoms with Gasteiger partial charge in [0.1, 0.15) is 0 Å². The molecule has 0 atom stereocenters. The van der Waals surface area contributed by atoms with Gasteiger partial charge in [-0.2, -0.15) is 0 Å². The van der Waals surface area contributed by atoms with Gasteiger partial charge in [0.25, 0.3) is 0 Å². The zero-order valence-electron chi connectivity index (χ0n) is 8.69. The van der Waals surface area contributed by atoms with Crippen LogP contribution in [0.25, 0.3) is 6.08 Å². The lowest BCUT2D eigenvalue weighted by Gasteiger charge is -1.96. The number of hydrogen-bond donors (Lipinski definition) is 0. The van der Waals surface area contributed by atoms with E-state index < -0.39 is 5.97 Å². The summed E-state index contributed by atoms with van der Waals surface area (Å²) >= 11 is 0. The van der Waals surface area contributed by atoms with Crippen molar-refractivity contribution in [3.8, 4) is 0 Å². The van der Waals surface area contributed by atoms with E-state index in [9.17, 15) is 9.59 Å². The van der Waals surface area contributed by atoms with E-state index in [1.807, 2.05) is 0 Å². The highest BCUT2D eigenvalue weighted by atomic mass is 16.5. The predicted octanol–water partition coefficient (Wildman–Crippen LogP) is 2.08. The average Bonchev–Trinajstić information content (AvgIpc) is 2.26. The summed E-state index contributed by atoms with van der Waals surface area (Å²) in [6, 6.07) is 6.99. The number of benzene rings is 1. The van der Waals surface area contributed by atoms with Gasteiger partial charge in [0, 0.05) is 11.6 Å². The van der Waals surface area contributed by atoms with Crippen LogP contribution >= 0.6 is 0 Å². The molecule has 1 aromatic carbocycles. The number of ketones is 1. The van der Waals surface area contributed by atoms with E-state index in [0.29, 0.717) is 5.56 Å². The van der Waals surface area contributed by atoms with Crippen molar-refractivity contribution >= 4 is 17.8 Å². The molecule has 0 spiro atoms. The monoisotopic (exact) mass is 204 g/mol. The summed E-state index contributed by atoms with van der Waals surface area (Å²) in [6.07, 6.45) is 2.97. The first-order valence-electron chi connectivity index (χ1n) is 4.50. The highest BCUT2D eigenvalue weighted by molar-refractivity contribution is 5.94. The van der Waals surface area contributed by atoms with Crippen molar-refractivity contribution < 1.29 is 14.3 Å². The molecule has 0 amide bonds. The number of esters is 1. The molecule has 1 rings (SSSR count). The van der Waals surface area contributed by atoms with Crippen molar-refractivity contribution in [1.82, 2.24) is 0 Å². The third-order valence-electron chi connectivity index (χ3n) is 1.93. The van der Waals surface area contributed by atoms with Crippen LogP contribution in [0.15, 0.2) is 30.3 Å². The van der Waals surface area contributed by atoms with E-state index in [2.05, 4.69) is 4.74 Å². The quantitative estimate of drug-likeness (QED) is 0.430. The summed E-state index contributed by atoms with van der Waals surface area (Å²) in [5.41, 5.74) is 1.51. The Kier molecular flexibility index (Phi) is 3.80. The Morgan fingerprint density at radius 2 is 1.80 bits per heavy atom. The second kappa shape index (κ2) is 5.10. The maximum atomic E-state index is 11.0. The smallest absolute Gasteiger partial charge is 0.330 e. The maximum Gasteiger partial charge on any atom is 0.330 e. The summed E-state index contributed by atoms with van der Waals surface area (Å²) in [6.45, 7) is 1.51. The standard InChI is InChI=1S/C12H12O3/c1-9(13)11-6-3-10(4-7-11)5-8-12(14)15-2/h3-8H,1-2H3. The molecule has 15 heavy (non-hydrogen) atoms. The number of carbonyl (C=O) groups excluding carboxylic acids is 2. The molecule has 0 radical (unpaired) electrons. The van der Waals surface area contributed by atoms with Crippen LogP contribution in [0.5, 0.6) is 0 Å². The Morgan fingerprint density at radius 1 is 1.20 bits per heavy atom.